The second-order valence-corrected chi connectivity index (χ2v) is 18.7. The van der Waals surface area contributed by atoms with Gasteiger partial charge in [-0.2, -0.15) is 0 Å². The van der Waals surface area contributed by atoms with Gasteiger partial charge in [0.2, 0.25) is 0 Å². The highest BCUT2D eigenvalue weighted by atomic mass is 32.1. The topological polar surface area (TPSA) is 96.3 Å². The number of aryl methyl sites for hydroxylation is 1. The molecule has 3 aromatic rings. The molecule has 9 atom stereocenters. The predicted octanol–water partition coefficient (Wildman–Crippen LogP) is 8.66. The van der Waals surface area contributed by atoms with Crippen molar-refractivity contribution in [2.45, 2.75) is 96.4 Å². The smallest absolute Gasteiger partial charge is 0.410 e. The van der Waals surface area contributed by atoms with E-state index in [2.05, 4.69) is 32.1 Å². The number of ether oxygens (including phenoxy) is 2. The molecule has 6 aliphatic carbocycles. The Bertz CT molecular complexity index is 2000. The van der Waals surface area contributed by atoms with E-state index < -0.39 is 28.6 Å². The largest absolute Gasteiger partial charge is 0.415 e. The fraction of sp³-hybridized carbons (Fsp3) is 0.545. The lowest BCUT2D eigenvalue weighted by atomic mass is 9.32. The molecule has 7 aliphatic rings. The first-order valence-electron chi connectivity index (χ1n) is 19.4. The zero-order valence-corrected chi connectivity index (χ0v) is 31.4. The molecule has 52 heavy (non-hydrogen) atoms. The lowest BCUT2D eigenvalue weighted by Crippen LogP contribution is -2.67. The molecule has 10 rings (SSSR count). The summed E-state index contributed by atoms with van der Waals surface area (Å²) < 4.78 is 12.1. The molecule has 7 nitrogen and oxygen atoms in total. The number of nitrogens with zero attached hydrogens (tertiary/aromatic N) is 1. The maximum Gasteiger partial charge on any atom is 0.415 e. The summed E-state index contributed by atoms with van der Waals surface area (Å²) >= 11 is 1.55. The summed E-state index contributed by atoms with van der Waals surface area (Å²) in [4.78, 5) is 32.5. The molecular formula is C44H51NO6S. The van der Waals surface area contributed by atoms with Crippen LogP contribution < -0.4 is 4.74 Å². The number of fused-ring (bicyclic) bond motifs is 2. The number of hydrogen-bond donors (Lipinski definition) is 2. The van der Waals surface area contributed by atoms with Crippen molar-refractivity contribution in [3.63, 3.8) is 0 Å². The van der Waals surface area contributed by atoms with Crippen LogP contribution in [-0.2, 0) is 4.74 Å². The highest BCUT2D eigenvalue weighted by Gasteiger charge is 2.74. The SMILES string of the molecule is Cc1ccc(C(=O)C2=CC34C=CC25C(CCC2(C)C5CCC2(O)CN(CC2CCCO2)C(=O)Oc2ccc5ccccc5c2)C3(C)CCC(O)C4)s1. The Kier molecular flexibility index (Phi) is 8.02. The molecule has 9 unspecified atom stereocenters. The Morgan fingerprint density at radius 3 is 2.48 bits per heavy atom. The van der Waals surface area contributed by atoms with Gasteiger partial charge in [0.15, 0.2) is 5.78 Å². The second-order valence-electron chi connectivity index (χ2n) is 17.4. The van der Waals surface area contributed by atoms with Crippen LogP contribution in [0.5, 0.6) is 5.75 Å². The van der Waals surface area contributed by atoms with Gasteiger partial charge in [-0.3, -0.25) is 4.79 Å². The minimum Gasteiger partial charge on any atom is -0.410 e. The summed E-state index contributed by atoms with van der Waals surface area (Å²) in [6.07, 6.45) is 13.1. The third kappa shape index (κ3) is 4.93. The summed E-state index contributed by atoms with van der Waals surface area (Å²) in [5.41, 5.74) is -1.93. The van der Waals surface area contributed by atoms with Gasteiger partial charge in [0, 0.05) is 33.3 Å². The molecule has 1 aromatic heterocycles. The minimum absolute atomic E-state index is 0.000627. The highest BCUT2D eigenvalue weighted by Crippen LogP contribution is 2.78. The number of aliphatic hydroxyl groups excluding tert-OH is 1. The minimum atomic E-state index is -1.20. The van der Waals surface area contributed by atoms with E-state index in [9.17, 15) is 19.8 Å². The van der Waals surface area contributed by atoms with Crippen molar-refractivity contribution in [1.29, 1.82) is 0 Å². The van der Waals surface area contributed by atoms with Crippen LogP contribution in [0.3, 0.4) is 0 Å². The number of aliphatic hydroxyl groups is 2. The number of hydrogen-bond acceptors (Lipinski definition) is 7. The molecule has 0 radical (unpaired) electrons. The summed E-state index contributed by atoms with van der Waals surface area (Å²) in [5, 5.41) is 26.2. The standard InChI is InChI=1S/C44H51NO6S/c1-28-10-13-35(52-28)38(47)34-25-42-20-21-44(34)36(40(42,2)17-14-31(46)24-42)15-18-41(3)37(44)16-19-43(41,49)27-45(26-33-9-6-22-50-33)39(48)51-32-12-11-29-7-4-5-8-30(29)23-32/h4-5,7-8,10-13,20-21,23,25,31,33,36-37,46,49H,6,9,14-19,22,24,26-27H2,1-3H3. The molecular weight excluding hydrogens is 671 g/mol. The molecule has 1 aliphatic heterocycles. The Morgan fingerprint density at radius 1 is 0.942 bits per heavy atom. The van der Waals surface area contributed by atoms with Crippen LogP contribution in [0, 0.1) is 40.4 Å². The van der Waals surface area contributed by atoms with Crippen molar-refractivity contribution in [2.24, 2.45) is 33.5 Å². The average molecular weight is 722 g/mol. The molecule has 4 fully saturated rings. The van der Waals surface area contributed by atoms with E-state index in [1.165, 1.54) is 0 Å². The second kappa shape index (κ2) is 12.1. The first-order chi connectivity index (χ1) is 24.9. The molecule has 2 bridgehead atoms. The van der Waals surface area contributed by atoms with Crippen molar-refractivity contribution in [2.75, 3.05) is 19.7 Å². The third-order valence-corrected chi connectivity index (χ3v) is 16.0. The third-order valence-electron chi connectivity index (χ3n) is 15.0. The molecule has 2 aromatic carbocycles. The predicted molar refractivity (Wildman–Crippen MR) is 202 cm³/mol. The summed E-state index contributed by atoms with van der Waals surface area (Å²) in [6, 6.07) is 17.7. The number of ketones is 1. The van der Waals surface area contributed by atoms with E-state index in [0.717, 1.165) is 71.0 Å². The quantitative estimate of drug-likeness (QED) is 0.187. The van der Waals surface area contributed by atoms with E-state index in [1.807, 2.05) is 61.5 Å². The molecule has 1 saturated heterocycles. The van der Waals surface area contributed by atoms with Crippen molar-refractivity contribution in [3.05, 3.63) is 88.2 Å². The number of carbonyl (C=O) groups excluding carboxylic acids is 2. The number of allylic oxidation sites excluding steroid dienone is 4. The van der Waals surface area contributed by atoms with E-state index in [0.29, 0.717) is 31.7 Å². The molecule has 2 N–H and O–H groups in total. The Morgan fingerprint density at radius 2 is 1.71 bits per heavy atom. The van der Waals surface area contributed by atoms with Crippen LogP contribution >= 0.6 is 11.3 Å². The zero-order chi connectivity index (χ0) is 36.1. The van der Waals surface area contributed by atoms with E-state index >= 15 is 0 Å². The van der Waals surface area contributed by atoms with Crippen LogP contribution in [0.15, 0.2) is 78.4 Å². The van der Waals surface area contributed by atoms with E-state index in [-0.39, 0.29) is 41.1 Å². The maximum absolute atomic E-state index is 14.8. The zero-order valence-electron chi connectivity index (χ0n) is 30.6. The van der Waals surface area contributed by atoms with Gasteiger partial charge in [0.1, 0.15) is 5.75 Å². The van der Waals surface area contributed by atoms with Crippen molar-refractivity contribution < 1.29 is 29.3 Å². The van der Waals surface area contributed by atoms with Gasteiger partial charge in [0.05, 0.1) is 35.8 Å². The van der Waals surface area contributed by atoms with Crippen molar-refractivity contribution in [3.8, 4) is 5.75 Å². The number of thiophene rings is 1. The van der Waals surface area contributed by atoms with E-state index in [4.69, 9.17) is 9.47 Å². The Hall–Kier alpha value is -3.30. The number of rotatable bonds is 7. The van der Waals surface area contributed by atoms with Crippen LogP contribution in [0.1, 0.15) is 86.2 Å². The van der Waals surface area contributed by atoms with Gasteiger partial charge in [-0.05, 0) is 117 Å². The van der Waals surface area contributed by atoms with Crippen LogP contribution in [0.2, 0.25) is 0 Å². The number of benzene rings is 2. The van der Waals surface area contributed by atoms with Gasteiger partial charge in [0.25, 0.3) is 0 Å². The van der Waals surface area contributed by atoms with Gasteiger partial charge >= 0.3 is 6.09 Å². The summed E-state index contributed by atoms with van der Waals surface area (Å²) in [6.45, 7) is 7.84. The molecule has 8 heteroatoms. The number of carbonyl (C=O) groups is 2. The Labute approximate surface area is 310 Å². The van der Waals surface area contributed by atoms with Crippen LogP contribution in [-0.4, -0.2) is 64.5 Å². The fourth-order valence-corrected chi connectivity index (χ4v) is 13.1. The molecule has 1 amide bonds. The molecule has 2 spiro atoms. The van der Waals surface area contributed by atoms with Gasteiger partial charge in [-0.25, -0.2) is 4.79 Å². The average Bonchev–Trinajstić information content (AvgIpc) is 3.87. The fourth-order valence-electron chi connectivity index (χ4n) is 12.2. The molecule has 2 heterocycles. The monoisotopic (exact) mass is 721 g/mol. The van der Waals surface area contributed by atoms with Crippen molar-refractivity contribution in [1.82, 2.24) is 4.90 Å². The van der Waals surface area contributed by atoms with Gasteiger partial charge in [-0.1, -0.05) is 62.4 Å². The maximum atomic E-state index is 14.8. The first-order valence-corrected chi connectivity index (χ1v) is 20.2. The number of amides is 1. The Balaban J connectivity index is 1.08. The number of Topliss-reactive ketones (excluding diaryl/α,β-unsaturated/α-hetero) is 1. The summed E-state index contributed by atoms with van der Waals surface area (Å²) in [7, 11) is 0. The summed E-state index contributed by atoms with van der Waals surface area (Å²) in [5.74, 6) is 0.777. The lowest BCUT2D eigenvalue weighted by Gasteiger charge is -2.71. The molecule has 274 valence electrons. The first kappa shape index (κ1) is 34.5. The highest BCUT2D eigenvalue weighted by molar-refractivity contribution is 7.14. The van der Waals surface area contributed by atoms with Crippen LogP contribution in [0.4, 0.5) is 4.79 Å². The van der Waals surface area contributed by atoms with Gasteiger partial charge < -0.3 is 24.6 Å². The van der Waals surface area contributed by atoms with E-state index in [1.54, 1.807) is 16.2 Å². The molecule has 3 saturated carbocycles. The van der Waals surface area contributed by atoms with Crippen LogP contribution in [0.25, 0.3) is 10.8 Å². The normalized spacial score (nSPS) is 38.8. The van der Waals surface area contributed by atoms with Gasteiger partial charge in [-0.15, -0.1) is 11.3 Å². The van der Waals surface area contributed by atoms with Crippen molar-refractivity contribution >= 4 is 34.0 Å². The lowest BCUT2D eigenvalue weighted by molar-refractivity contribution is -0.175.